The van der Waals surface area contributed by atoms with Gasteiger partial charge in [0.05, 0.1) is 4.92 Å². The molecule has 1 atom stereocenters. The largest absolute Gasteiger partial charge is 0.354 e. The molecule has 0 saturated heterocycles. The maximum atomic E-state index is 13.3. The molecule has 33 heavy (non-hydrogen) atoms. The van der Waals surface area contributed by atoms with Crippen molar-refractivity contribution in [3.8, 4) is 0 Å². The van der Waals surface area contributed by atoms with E-state index < -0.39 is 4.92 Å². The highest BCUT2D eigenvalue weighted by Crippen LogP contribution is 2.47. The molecule has 3 aromatic carbocycles. The molecule has 1 aromatic heterocycles. The summed E-state index contributed by atoms with van der Waals surface area (Å²) in [6.45, 7) is 3.60. The second-order valence-electron chi connectivity index (χ2n) is 8.50. The van der Waals surface area contributed by atoms with E-state index in [0.29, 0.717) is 11.1 Å². The predicted molar refractivity (Wildman–Crippen MR) is 124 cm³/mol. The normalized spacial score (nSPS) is 13.9. The number of benzene rings is 3. The first-order chi connectivity index (χ1) is 16.0. The number of hydrogen-bond acceptors (Lipinski definition) is 5. The first kappa shape index (κ1) is 20.8. The average molecular weight is 438 g/mol. The zero-order chi connectivity index (χ0) is 23.1. The first-order valence-corrected chi connectivity index (χ1v) is 10.8. The third-order valence-corrected chi connectivity index (χ3v) is 6.44. The molecule has 0 aliphatic heterocycles. The zero-order valence-corrected chi connectivity index (χ0v) is 18.3. The number of hydrogen-bond donors (Lipinski definition) is 0. The molecule has 0 saturated carbocycles. The van der Waals surface area contributed by atoms with Gasteiger partial charge in [-0.2, -0.15) is 0 Å². The van der Waals surface area contributed by atoms with E-state index >= 15 is 0 Å². The van der Waals surface area contributed by atoms with E-state index in [0.717, 1.165) is 22.3 Å². The highest BCUT2D eigenvalue weighted by molar-refractivity contribution is 6.12. The molecule has 4 aromatic rings. The Morgan fingerprint density at radius 1 is 0.970 bits per heavy atom. The van der Waals surface area contributed by atoms with Crippen molar-refractivity contribution in [3.63, 3.8) is 0 Å². The Morgan fingerprint density at radius 2 is 1.61 bits per heavy atom. The van der Waals surface area contributed by atoms with Crippen molar-refractivity contribution in [1.29, 1.82) is 0 Å². The smallest absolute Gasteiger partial charge is 0.334 e. The fourth-order valence-corrected chi connectivity index (χ4v) is 5.00. The van der Waals surface area contributed by atoms with Crippen molar-refractivity contribution in [3.05, 3.63) is 128 Å². The molecule has 1 heterocycles. The number of carbonyl (C=O) groups is 1. The van der Waals surface area contributed by atoms with Gasteiger partial charge in [-0.3, -0.25) is 14.9 Å². The standard InChI is InChI=1S/C27H22N2O4/c1-16-8-7-9-18(14-16)23(15-24-26(29(31)32)17(2)28-33-24)25-19-10-3-5-12-21(19)27(30)22-13-6-4-11-20(22)25/h3-14,23,25H,15H2,1-2H3. The van der Waals surface area contributed by atoms with Gasteiger partial charge < -0.3 is 4.52 Å². The van der Waals surface area contributed by atoms with Gasteiger partial charge in [-0.25, -0.2) is 0 Å². The molecule has 0 radical (unpaired) electrons. The summed E-state index contributed by atoms with van der Waals surface area (Å²) in [6.07, 6.45) is 0.280. The van der Waals surface area contributed by atoms with Gasteiger partial charge in [-0.05, 0) is 30.5 Å². The minimum absolute atomic E-state index is 0.00179. The van der Waals surface area contributed by atoms with Crippen LogP contribution in [0.3, 0.4) is 0 Å². The van der Waals surface area contributed by atoms with Crippen LogP contribution >= 0.6 is 0 Å². The van der Waals surface area contributed by atoms with Crippen LogP contribution in [-0.2, 0) is 6.42 Å². The van der Waals surface area contributed by atoms with Crippen LogP contribution in [0.25, 0.3) is 0 Å². The molecule has 0 fully saturated rings. The summed E-state index contributed by atoms with van der Waals surface area (Å²) in [7, 11) is 0. The van der Waals surface area contributed by atoms with Crippen LogP contribution in [0.5, 0.6) is 0 Å². The highest BCUT2D eigenvalue weighted by Gasteiger charge is 2.38. The summed E-state index contributed by atoms with van der Waals surface area (Å²) >= 11 is 0. The lowest BCUT2D eigenvalue weighted by atomic mass is 9.68. The number of aryl methyl sites for hydroxylation is 2. The van der Waals surface area contributed by atoms with Gasteiger partial charge in [-0.1, -0.05) is 83.5 Å². The molecule has 6 nitrogen and oxygen atoms in total. The Labute approximate surface area is 191 Å². The van der Waals surface area contributed by atoms with E-state index in [1.807, 2.05) is 73.7 Å². The number of ketones is 1. The fourth-order valence-electron chi connectivity index (χ4n) is 5.00. The quantitative estimate of drug-likeness (QED) is 0.286. The minimum Gasteiger partial charge on any atom is -0.354 e. The van der Waals surface area contributed by atoms with Crippen molar-refractivity contribution < 1.29 is 14.2 Å². The van der Waals surface area contributed by atoms with Gasteiger partial charge in [-0.15, -0.1) is 0 Å². The second-order valence-corrected chi connectivity index (χ2v) is 8.50. The van der Waals surface area contributed by atoms with E-state index in [1.54, 1.807) is 6.92 Å². The van der Waals surface area contributed by atoms with Crippen LogP contribution < -0.4 is 0 Å². The van der Waals surface area contributed by atoms with Crippen LogP contribution in [0.2, 0.25) is 0 Å². The van der Waals surface area contributed by atoms with E-state index in [-0.39, 0.29) is 41.2 Å². The molecule has 0 amide bonds. The molecular weight excluding hydrogens is 416 g/mol. The number of fused-ring (bicyclic) bond motifs is 2. The van der Waals surface area contributed by atoms with Crippen molar-refractivity contribution in [2.24, 2.45) is 0 Å². The number of rotatable bonds is 5. The number of nitrogens with zero attached hydrogens (tertiary/aromatic N) is 2. The first-order valence-electron chi connectivity index (χ1n) is 10.8. The lowest BCUT2D eigenvalue weighted by Gasteiger charge is -2.34. The second kappa shape index (κ2) is 8.13. The maximum Gasteiger partial charge on any atom is 0.334 e. The van der Waals surface area contributed by atoms with Crippen molar-refractivity contribution >= 4 is 11.5 Å². The molecular formula is C27H22N2O4. The Kier molecular flexibility index (Phi) is 5.13. The van der Waals surface area contributed by atoms with Crippen molar-refractivity contribution in [1.82, 2.24) is 5.16 Å². The van der Waals surface area contributed by atoms with E-state index in [4.69, 9.17) is 4.52 Å². The van der Waals surface area contributed by atoms with Crippen molar-refractivity contribution in [2.75, 3.05) is 0 Å². The lowest BCUT2D eigenvalue weighted by molar-refractivity contribution is -0.386. The van der Waals surface area contributed by atoms with Gasteiger partial charge in [0.2, 0.25) is 5.76 Å². The lowest BCUT2D eigenvalue weighted by Crippen LogP contribution is -2.25. The third kappa shape index (κ3) is 3.53. The predicted octanol–water partition coefficient (Wildman–Crippen LogP) is 5.90. The molecule has 1 aliphatic rings. The van der Waals surface area contributed by atoms with Gasteiger partial charge in [0, 0.05) is 29.4 Å². The van der Waals surface area contributed by atoms with Gasteiger partial charge in [0.25, 0.3) is 0 Å². The molecule has 5 rings (SSSR count). The fraction of sp³-hybridized carbons (Fsp3) is 0.185. The topological polar surface area (TPSA) is 86.2 Å². The summed E-state index contributed by atoms with van der Waals surface area (Å²) in [6, 6.07) is 23.4. The molecule has 6 heteroatoms. The van der Waals surface area contributed by atoms with Crippen LogP contribution in [0, 0.1) is 24.0 Å². The molecule has 1 aliphatic carbocycles. The molecule has 1 unspecified atom stereocenters. The zero-order valence-electron chi connectivity index (χ0n) is 18.3. The van der Waals surface area contributed by atoms with Crippen LogP contribution in [0.15, 0.2) is 77.3 Å². The van der Waals surface area contributed by atoms with Gasteiger partial charge in [0.1, 0.15) is 0 Å². The number of nitro groups is 1. The van der Waals surface area contributed by atoms with Gasteiger partial charge in [0.15, 0.2) is 11.5 Å². The summed E-state index contributed by atoms with van der Waals surface area (Å²) in [5.41, 5.74) is 5.48. The van der Waals surface area contributed by atoms with Crippen LogP contribution in [0.1, 0.15) is 61.5 Å². The SMILES string of the molecule is Cc1cccc(C(Cc2onc(C)c2[N+](=O)[O-])C2c3ccccc3C(=O)c3ccccc32)c1. The van der Waals surface area contributed by atoms with Gasteiger partial charge >= 0.3 is 5.69 Å². The summed E-state index contributed by atoms with van der Waals surface area (Å²) < 4.78 is 5.47. The number of aromatic nitrogens is 1. The van der Waals surface area contributed by atoms with E-state index in [9.17, 15) is 14.9 Å². The van der Waals surface area contributed by atoms with Crippen LogP contribution in [-0.4, -0.2) is 15.9 Å². The van der Waals surface area contributed by atoms with E-state index in [1.165, 1.54) is 0 Å². The Hall–Kier alpha value is -4.06. The Balaban J connectivity index is 1.74. The monoisotopic (exact) mass is 438 g/mol. The average Bonchev–Trinajstić information content (AvgIpc) is 3.19. The highest BCUT2D eigenvalue weighted by atomic mass is 16.6. The molecule has 0 spiro atoms. The third-order valence-electron chi connectivity index (χ3n) is 6.44. The maximum absolute atomic E-state index is 13.3. The Bertz CT molecular complexity index is 1340. The van der Waals surface area contributed by atoms with Crippen LogP contribution in [0.4, 0.5) is 5.69 Å². The van der Waals surface area contributed by atoms with Crippen molar-refractivity contribution in [2.45, 2.75) is 32.1 Å². The summed E-state index contributed by atoms with van der Waals surface area (Å²) in [4.78, 5) is 24.6. The Morgan fingerprint density at radius 3 is 2.21 bits per heavy atom. The molecule has 0 N–H and O–H groups in total. The summed E-state index contributed by atoms with van der Waals surface area (Å²) in [5, 5.41) is 15.6. The number of carbonyl (C=O) groups excluding carboxylic acids is 1. The van der Waals surface area contributed by atoms with E-state index in [2.05, 4.69) is 11.2 Å². The molecule has 164 valence electrons. The molecule has 0 bridgehead atoms. The minimum atomic E-state index is -0.430. The summed E-state index contributed by atoms with van der Waals surface area (Å²) in [5.74, 6) is -0.133.